The zero-order valence-electron chi connectivity index (χ0n) is 12.0. The quantitative estimate of drug-likeness (QED) is 0.867. The van der Waals surface area contributed by atoms with E-state index in [1.54, 1.807) is 0 Å². The maximum atomic E-state index is 13.6. The zero-order valence-corrected chi connectivity index (χ0v) is 12.0. The summed E-state index contributed by atoms with van der Waals surface area (Å²) in [6.45, 7) is 1.40. The zero-order chi connectivity index (χ0) is 15.0. The molecule has 116 valence electrons. The lowest BCUT2D eigenvalue weighted by molar-refractivity contribution is 0.148. The maximum absolute atomic E-state index is 13.6. The largest absolute Gasteiger partial charge is 0.330 e. The van der Waals surface area contributed by atoms with Crippen LogP contribution in [0, 0.1) is 23.4 Å². The van der Waals surface area contributed by atoms with Crippen LogP contribution >= 0.6 is 0 Å². The van der Waals surface area contributed by atoms with Crippen LogP contribution in [0.3, 0.4) is 0 Å². The van der Waals surface area contributed by atoms with Crippen molar-refractivity contribution in [2.45, 2.75) is 44.2 Å². The van der Waals surface area contributed by atoms with Crippen molar-refractivity contribution >= 4 is 0 Å². The van der Waals surface area contributed by atoms with E-state index in [9.17, 15) is 13.2 Å². The van der Waals surface area contributed by atoms with E-state index in [1.807, 2.05) is 0 Å². The Bertz CT molecular complexity index is 493. The van der Waals surface area contributed by atoms with E-state index >= 15 is 0 Å². The SMILES string of the molecule is NCC1CCCCN(C2CC2)C1c1cc(F)c(F)c(F)c1. The summed E-state index contributed by atoms with van der Waals surface area (Å²) in [5.74, 6) is -3.45. The minimum atomic E-state index is -1.39. The third kappa shape index (κ3) is 2.94. The van der Waals surface area contributed by atoms with E-state index < -0.39 is 17.5 Å². The summed E-state index contributed by atoms with van der Waals surface area (Å²) >= 11 is 0. The summed E-state index contributed by atoms with van der Waals surface area (Å²) < 4.78 is 40.4. The van der Waals surface area contributed by atoms with Gasteiger partial charge >= 0.3 is 0 Å². The molecule has 1 saturated heterocycles. The molecule has 0 bridgehead atoms. The molecule has 2 unspecified atom stereocenters. The molecule has 21 heavy (non-hydrogen) atoms. The lowest BCUT2D eigenvalue weighted by atomic mass is 9.89. The molecule has 0 amide bonds. The Kier molecular flexibility index (Phi) is 4.22. The first-order valence-electron chi connectivity index (χ1n) is 7.72. The molecule has 2 N–H and O–H groups in total. The molecule has 0 radical (unpaired) electrons. The van der Waals surface area contributed by atoms with Crippen molar-refractivity contribution in [3.05, 3.63) is 35.1 Å². The van der Waals surface area contributed by atoms with Crippen molar-refractivity contribution in [3.8, 4) is 0 Å². The molecule has 1 aromatic rings. The molecule has 0 aromatic heterocycles. The topological polar surface area (TPSA) is 29.3 Å². The second-order valence-corrected chi connectivity index (χ2v) is 6.20. The van der Waals surface area contributed by atoms with Crippen molar-refractivity contribution in [1.82, 2.24) is 4.90 Å². The van der Waals surface area contributed by atoms with Gasteiger partial charge in [-0.1, -0.05) is 6.42 Å². The highest BCUT2D eigenvalue weighted by atomic mass is 19.2. The van der Waals surface area contributed by atoms with Crippen LogP contribution in [0.4, 0.5) is 13.2 Å². The number of rotatable bonds is 3. The number of halogens is 3. The van der Waals surface area contributed by atoms with Gasteiger partial charge in [0, 0.05) is 12.1 Å². The molecule has 1 aromatic carbocycles. The standard InChI is InChI=1S/C16H21F3N2/c17-13-7-11(8-14(18)15(13)19)16-10(9-20)3-1-2-6-21(16)12-4-5-12/h7-8,10,12,16H,1-6,9,20H2. The molecule has 2 aliphatic rings. The minimum absolute atomic E-state index is 0.102. The van der Waals surface area contributed by atoms with E-state index in [0.29, 0.717) is 18.2 Å². The average molecular weight is 298 g/mol. The fourth-order valence-electron chi connectivity index (χ4n) is 3.54. The average Bonchev–Trinajstić information content (AvgIpc) is 3.29. The van der Waals surface area contributed by atoms with Gasteiger partial charge in [0.05, 0.1) is 0 Å². The van der Waals surface area contributed by atoms with Crippen molar-refractivity contribution in [2.75, 3.05) is 13.1 Å². The molecule has 2 atom stereocenters. The van der Waals surface area contributed by atoms with Gasteiger partial charge < -0.3 is 5.73 Å². The van der Waals surface area contributed by atoms with Gasteiger partial charge in [0.2, 0.25) is 0 Å². The Labute approximate surface area is 123 Å². The monoisotopic (exact) mass is 298 g/mol. The molecule has 2 nitrogen and oxygen atoms in total. The molecule has 2 fully saturated rings. The molecule has 5 heteroatoms. The van der Waals surface area contributed by atoms with Gasteiger partial charge in [-0.15, -0.1) is 0 Å². The first-order chi connectivity index (χ1) is 10.1. The number of hydrogen-bond acceptors (Lipinski definition) is 2. The van der Waals surface area contributed by atoms with Gasteiger partial charge in [-0.2, -0.15) is 0 Å². The summed E-state index contributed by atoms with van der Waals surface area (Å²) in [6.07, 6.45) is 5.36. The van der Waals surface area contributed by atoms with E-state index in [4.69, 9.17) is 5.73 Å². The van der Waals surface area contributed by atoms with Crippen LogP contribution in [0.1, 0.15) is 43.7 Å². The highest BCUT2D eigenvalue weighted by Gasteiger charge is 2.39. The normalized spacial score (nSPS) is 27.6. The fraction of sp³-hybridized carbons (Fsp3) is 0.625. The third-order valence-electron chi connectivity index (χ3n) is 4.71. The highest BCUT2D eigenvalue weighted by Crippen LogP contribution is 2.42. The summed E-state index contributed by atoms with van der Waals surface area (Å²) in [6, 6.07) is 2.67. The second kappa shape index (κ2) is 5.97. The molecule has 1 aliphatic heterocycles. The molecule has 1 heterocycles. The van der Waals surface area contributed by atoms with Crippen molar-refractivity contribution in [3.63, 3.8) is 0 Å². The Morgan fingerprint density at radius 3 is 2.29 bits per heavy atom. The number of hydrogen-bond donors (Lipinski definition) is 1. The summed E-state index contributed by atoms with van der Waals surface area (Å²) in [7, 11) is 0. The van der Waals surface area contributed by atoms with Crippen LogP contribution in [0.2, 0.25) is 0 Å². The van der Waals surface area contributed by atoms with Gasteiger partial charge in [0.25, 0.3) is 0 Å². The highest BCUT2D eigenvalue weighted by molar-refractivity contribution is 5.24. The fourth-order valence-corrected chi connectivity index (χ4v) is 3.54. The number of benzene rings is 1. The predicted molar refractivity (Wildman–Crippen MR) is 75.2 cm³/mol. The molecule has 1 saturated carbocycles. The van der Waals surface area contributed by atoms with Crippen molar-refractivity contribution < 1.29 is 13.2 Å². The summed E-state index contributed by atoms with van der Waals surface area (Å²) in [4.78, 5) is 2.33. The van der Waals surface area contributed by atoms with Crippen LogP contribution in [0.25, 0.3) is 0 Å². The molecular weight excluding hydrogens is 277 g/mol. The van der Waals surface area contributed by atoms with Crippen LogP contribution in [-0.2, 0) is 0 Å². The van der Waals surface area contributed by atoms with Crippen LogP contribution < -0.4 is 5.73 Å². The van der Waals surface area contributed by atoms with Crippen LogP contribution in [0.15, 0.2) is 12.1 Å². The molecule has 3 rings (SSSR count). The lowest BCUT2D eigenvalue weighted by Crippen LogP contribution is -2.37. The first-order valence-corrected chi connectivity index (χ1v) is 7.72. The Morgan fingerprint density at radius 2 is 1.71 bits per heavy atom. The number of nitrogens with zero attached hydrogens (tertiary/aromatic N) is 1. The van der Waals surface area contributed by atoms with E-state index in [0.717, 1.165) is 50.8 Å². The second-order valence-electron chi connectivity index (χ2n) is 6.20. The van der Waals surface area contributed by atoms with Gasteiger partial charge in [-0.3, -0.25) is 4.90 Å². The van der Waals surface area contributed by atoms with Gasteiger partial charge in [-0.25, -0.2) is 13.2 Å². The third-order valence-corrected chi connectivity index (χ3v) is 4.71. The van der Waals surface area contributed by atoms with Crippen LogP contribution in [0.5, 0.6) is 0 Å². The van der Waals surface area contributed by atoms with E-state index in [-0.39, 0.29) is 12.0 Å². The minimum Gasteiger partial charge on any atom is -0.330 e. The van der Waals surface area contributed by atoms with Gasteiger partial charge in [-0.05, 0) is 62.4 Å². The molecule has 1 aliphatic carbocycles. The van der Waals surface area contributed by atoms with Crippen molar-refractivity contribution in [1.29, 1.82) is 0 Å². The molecule has 0 spiro atoms. The van der Waals surface area contributed by atoms with E-state index in [1.165, 1.54) is 0 Å². The molecular formula is C16H21F3N2. The summed E-state index contributed by atoms with van der Waals surface area (Å²) in [5.41, 5.74) is 6.42. The lowest BCUT2D eigenvalue weighted by Gasteiger charge is -2.35. The van der Waals surface area contributed by atoms with Crippen LogP contribution in [-0.4, -0.2) is 24.0 Å². The maximum Gasteiger partial charge on any atom is 0.194 e. The Balaban J connectivity index is 2.00. The van der Waals surface area contributed by atoms with E-state index in [2.05, 4.69) is 4.90 Å². The predicted octanol–water partition coefficient (Wildman–Crippen LogP) is 3.37. The van der Waals surface area contributed by atoms with Crippen molar-refractivity contribution in [2.24, 2.45) is 11.7 Å². The van der Waals surface area contributed by atoms with Gasteiger partial charge in [0.1, 0.15) is 0 Å². The number of nitrogens with two attached hydrogens (primary N) is 1. The smallest absolute Gasteiger partial charge is 0.194 e. The summed E-state index contributed by atoms with van der Waals surface area (Å²) in [5, 5.41) is 0. The first kappa shape index (κ1) is 14.9. The van der Waals surface area contributed by atoms with Gasteiger partial charge in [0.15, 0.2) is 17.5 Å². The Morgan fingerprint density at radius 1 is 1.05 bits per heavy atom. The Hall–Kier alpha value is -1.07. The number of likely N-dealkylation sites (tertiary alicyclic amines) is 1.